The average molecular weight is 386 g/mol. The number of aromatic nitrogens is 4. The van der Waals surface area contributed by atoms with Crippen LogP contribution in [0.2, 0.25) is 0 Å². The van der Waals surface area contributed by atoms with Gasteiger partial charge in [0.05, 0.1) is 16.1 Å². The molecule has 0 fully saturated rings. The smallest absolute Gasteiger partial charge is 0.269 e. The molecule has 0 amide bonds. The summed E-state index contributed by atoms with van der Waals surface area (Å²) in [4.78, 5) is 19.8. The molecule has 26 heavy (non-hydrogen) atoms. The predicted octanol–water partition coefficient (Wildman–Crippen LogP) is 3.52. The molecule has 2 N–H and O–H groups in total. The Bertz CT molecular complexity index is 1090. The second-order valence-electron chi connectivity index (χ2n) is 5.12. The number of thiophene rings is 1. The first-order valence-corrected chi connectivity index (χ1v) is 9.17. The third kappa shape index (κ3) is 3.21. The van der Waals surface area contributed by atoms with Crippen LogP contribution in [0, 0.1) is 10.1 Å². The summed E-state index contributed by atoms with van der Waals surface area (Å²) < 4.78 is 5.60. The largest absolute Gasteiger partial charge is 0.420 e. The highest BCUT2D eigenvalue weighted by Gasteiger charge is 2.13. The third-order valence-corrected chi connectivity index (χ3v) is 5.09. The monoisotopic (exact) mass is 386 g/mol. The molecule has 3 aromatic heterocycles. The highest BCUT2D eigenvalue weighted by molar-refractivity contribution is 7.98. The fourth-order valence-electron chi connectivity index (χ4n) is 2.20. The zero-order chi connectivity index (χ0) is 18.1. The van der Waals surface area contributed by atoms with Gasteiger partial charge in [0.15, 0.2) is 5.16 Å². The normalized spacial score (nSPS) is 11.1. The number of nitrogen functional groups attached to an aromatic ring is 1. The van der Waals surface area contributed by atoms with Crippen molar-refractivity contribution in [1.82, 2.24) is 20.2 Å². The second-order valence-corrected chi connectivity index (χ2v) is 6.96. The number of fused-ring (bicyclic) bond motifs is 1. The van der Waals surface area contributed by atoms with Crippen molar-refractivity contribution in [2.24, 2.45) is 0 Å². The molecule has 0 spiro atoms. The van der Waals surface area contributed by atoms with Crippen molar-refractivity contribution in [1.29, 1.82) is 0 Å². The van der Waals surface area contributed by atoms with E-state index in [1.807, 2.05) is 11.4 Å². The first kappa shape index (κ1) is 16.4. The third-order valence-electron chi connectivity index (χ3n) is 3.45. The van der Waals surface area contributed by atoms with Crippen LogP contribution in [0.5, 0.6) is 0 Å². The lowest BCUT2D eigenvalue weighted by Gasteiger charge is -2.00. The molecule has 4 rings (SSSR count). The van der Waals surface area contributed by atoms with Crippen molar-refractivity contribution in [3.8, 4) is 11.5 Å². The standard InChI is InChI=1S/C15H10N6O3S2/c16-12-10-5-6-25-14(10)18-15(17-12)26-7-11-19-20-13(24-11)8-1-3-9(4-2-8)21(22)23/h1-6H,7H2,(H2,16,17,18). The number of hydrogen-bond acceptors (Lipinski definition) is 10. The molecule has 0 aliphatic heterocycles. The van der Waals surface area contributed by atoms with Gasteiger partial charge < -0.3 is 10.2 Å². The number of rotatable bonds is 5. The number of nitrogens with two attached hydrogens (primary N) is 1. The molecule has 0 unspecified atom stereocenters. The molecule has 0 atom stereocenters. The summed E-state index contributed by atoms with van der Waals surface area (Å²) in [6.45, 7) is 0. The van der Waals surface area contributed by atoms with E-state index < -0.39 is 4.92 Å². The number of thioether (sulfide) groups is 1. The quantitative estimate of drug-likeness (QED) is 0.236. The van der Waals surface area contributed by atoms with Gasteiger partial charge in [-0.25, -0.2) is 9.97 Å². The molecule has 0 saturated carbocycles. The van der Waals surface area contributed by atoms with Crippen LogP contribution in [0.15, 0.2) is 45.3 Å². The maximum absolute atomic E-state index is 10.7. The summed E-state index contributed by atoms with van der Waals surface area (Å²) in [6, 6.07) is 7.80. The number of benzene rings is 1. The Morgan fingerprint density at radius 1 is 1.19 bits per heavy atom. The topological polar surface area (TPSA) is 134 Å². The molecular formula is C15H10N6O3S2. The first-order valence-electron chi connectivity index (χ1n) is 7.31. The summed E-state index contributed by atoms with van der Waals surface area (Å²) >= 11 is 2.84. The SMILES string of the molecule is Nc1nc(SCc2nnc(-c3ccc([N+](=O)[O-])cc3)o2)nc2sccc12. The van der Waals surface area contributed by atoms with Crippen LogP contribution in [-0.2, 0) is 5.75 Å². The summed E-state index contributed by atoms with van der Waals surface area (Å²) in [6.07, 6.45) is 0. The van der Waals surface area contributed by atoms with Crippen LogP contribution in [0.1, 0.15) is 5.89 Å². The molecular weight excluding hydrogens is 376 g/mol. The van der Waals surface area contributed by atoms with Crippen LogP contribution in [0.4, 0.5) is 11.5 Å². The maximum Gasteiger partial charge on any atom is 0.269 e. The Labute approximate surface area is 154 Å². The van der Waals surface area contributed by atoms with Gasteiger partial charge in [-0.05, 0) is 23.6 Å². The second kappa shape index (κ2) is 6.69. The zero-order valence-corrected chi connectivity index (χ0v) is 14.7. The van der Waals surface area contributed by atoms with Crippen molar-refractivity contribution in [2.75, 3.05) is 5.73 Å². The number of nitro groups is 1. The van der Waals surface area contributed by atoms with Gasteiger partial charge in [0.1, 0.15) is 10.6 Å². The summed E-state index contributed by atoms with van der Waals surface area (Å²) in [5, 5.41) is 21.9. The van der Waals surface area contributed by atoms with E-state index in [1.165, 1.54) is 35.2 Å². The summed E-state index contributed by atoms with van der Waals surface area (Å²) in [5.74, 6) is 1.52. The maximum atomic E-state index is 10.7. The van der Waals surface area contributed by atoms with Gasteiger partial charge in [0.25, 0.3) is 5.69 Å². The Morgan fingerprint density at radius 3 is 2.77 bits per heavy atom. The van der Waals surface area contributed by atoms with Gasteiger partial charge in [-0.1, -0.05) is 11.8 Å². The minimum absolute atomic E-state index is 0.00255. The van der Waals surface area contributed by atoms with Crippen molar-refractivity contribution in [3.63, 3.8) is 0 Å². The Balaban J connectivity index is 1.48. The minimum atomic E-state index is -0.463. The molecule has 0 aliphatic rings. The molecule has 4 aromatic rings. The van der Waals surface area contributed by atoms with Crippen LogP contribution in [0.25, 0.3) is 21.7 Å². The van der Waals surface area contributed by atoms with E-state index in [1.54, 1.807) is 12.1 Å². The van der Waals surface area contributed by atoms with Crippen molar-refractivity contribution in [2.45, 2.75) is 10.9 Å². The van der Waals surface area contributed by atoms with E-state index in [9.17, 15) is 10.1 Å². The van der Waals surface area contributed by atoms with Gasteiger partial charge in [0, 0.05) is 17.7 Å². The highest BCUT2D eigenvalue weighted by Crippen LogP contribution is 2.28. The van der Waals surface area contributed by atoms with Gasteiger partial charge in [-0.2, -0.15) is 0 Å². The fraction of sp³-hybridized carbons (Fsp3) is 0.0667. The Kier molecular flexibility index (Phi) is 4.22. The molecule has 9 nitrogen and oxygen atoms in total. The molecule has 1 aromatic carbocycles. The number of non-ortho nitro benzene ring substituents is 1. The zero-order valence-electron chi connectivity index (χ0n) is 13.0. The van der Waals surface area contributed by atoms with Gasteiger partial charge >= 0.3 is 0 Å². The van der Waals surface area contributed by atoms with Crippen LogP contribution >= 0.6 is 23.1 Å². The molecule has 3 heterocycles. The average Bonchev–Trinajstić information content (AvgIpc) is 3.29. The van der Waals surface area contributed by atoms with Crippen molar-refractivity contribution < 1.29 is 9.34 Å². The van der Waals surface area contributed by atoms with Gasteiger partial charge in [-0.15, -0.1) is 21.5 Å². The number of anilines is 1. The number of nitrogens with zero attached hydrogens (tertiary/aromatic N) is 5. The predicted molar refractivity (Wildman–Crippen MR) is 97.8 cm³/mol. The van der Waals surface area contributed by atoms with E-state index in [-0.39, 0.29) is 5.69 Å². The van der Waals surface area contributed by atoms with Crippen LogP contribution < -0.4 is 5.73 Å². The lowest BCUT2D eigenvalue weighted by atomic mass is 10.2. The fourth-order valence-corrected chi connectivity index (χ4v) is 3.72. The number of hydrogen-bond donors (Lipinski definition) is 1. The molecule has 0 radical (unpaired) electrons. The van der Waals surface area contributed by atoms with E-state index >= 15 is 0 Å². The summed E-state index contributed by atoms with van der Waals surface area (Å²) in [5.41, 5.74) is 6.54. The molecule has 0 bridgehead atoms. The molecule has 130 valence electrons. The van der Waals surface area contributed by atoms with E-state index in [0.717, 1.165) is 10.2 Å². The Hall–Kier alpha value is -3.05. The molecule has 0 aliphatic carbocycles. The molecule has 0 saturated heterocycles. The van der Waals surface area contributed by atoms with Crippen molar-refractivity contribution in [3.05, 3.63) is 51.7 Å². The van der Waals surface area contributed by atoms with Crippen molar-refractivity contribution >= 4 is 44.8 Å². The van der Waals surface area contributed by atoms with E-state index in [4.69, 9.17) is 10.2 Å². The minimum Gasteiger partial charge on any atom is -0.420 e. The van der Waals surface area contributed by atoms with E-state index in [0.29, 0.717) is 34.1 Å². The van der Waals surface area contributed by atoms with E-state index in [2.05, 4.69) is 20.2 Å². The summed E-state index contributed by atoms with van der Waals surface area (Å²) in [7, 11) is 0. The molecule has 11 heteroatoms. The highest BCUT2D eigenvalue weighted by atomic mass is 32.2. The van der Waals surface area contributed by atoms with Crippen LogP contribution in [-0.4, -0.2) is 25.1 Å². The lowest BCUT2D eigenvalue weighted by Crippen LogP contribution is -1.95. The Morgan fingerprint density at radius 2 is 2.00 bits per heavy atom. The lowest BCUT2D eigenvalue weighted by molar-refractivity contribution is -0.384. The first-order chi connectivity index (χ1) is 12.6. The number of nitro benzene ring substituents is 1. The van der Waals surface area contributed by atoms with Gasteiger partial charge in [0.2, 0.25) is 11.8 Å². The van der Waals surface area contributed by atoms with Crippen LogP contribution in [0.3, 0.4) is 0 Å². The van der Waals surface area contributed by atoms with Gasteiger partial charge in [-0.3, -0.25) is 10.1 Å².